The first-order valence-corrected chi connectivity index (χ1v) is 6.90. The molecule has 1 aromatic carbocycles. The van der Waals surface area contributed by atoms with Crippen LogP contribution in [0.3, 0.4) is 0 Å². The fourth-order valence-corrected chi connectivity index (χ4v) is 2.76. The Morgan fingerprint density at radius 3 is 2.55 bits per heavy atom. The molecule has 0 spiro atoms. The lowest BCUT2D eigenvalue weighted by Gasteiger charge is -2.42. The van der Waals surface area contributed by atoms with Gasteiger partial charge in [-0.3, -0.25) is 9.59 Å². The van der Waals surface area contributed by atoms with E-state index < -0.39 is 6.09 Å². The van der Waals surface area contributed by atoms with E-state index in [0.717, 1.165) is 9.37 Å². The number of rotatable bonds is 2. The van der Waals surface area contributed by atoms with E-state index in [9.17, 15) is 14.4 Å². The molecule has 0 N–H and O–H groups in total. The quantitative estimate of drug-likeness (QED) is 0.814. The van der Waals surface area contributed by atoms with Gasteiger partial charge in [-0.05, 0) is 28.1 Å². The summed E-state index contributed by atoms with van der Waals surface area (Å²) in [6.45, 7) is 0.496. The summed E-state index contributed by atoms with van der Waals surface area (Å²) in [5.41, 5.74) is 0.571. The summed E-state index contributed by atoms with van der Waals surface area (Å²) < 4.78 is 5.39. The number of hydrogen-bond donors (Lipinski definition) is 0. The highest BCUT2D eigenvalue weighted by atomic mass is 79.9. The molecule has 0 aliphatic carbocycles. The maximum absolute atomic E-state index is 12.2. The lowest BCUT2D eigenvalue weighted by atomic mass is 10.1. The number of amides is 3. The monoisotopic (exact) mass is 338 g/mol. The number of benzene rings is 1. The van der Waals surface area contributed by atoms with Crippen LogP contribution in [0.2, 0.25) is 0 Å². The molecule has 2 saturated heterocycles. The standard InChI is InChI=1S/C13H11BrN2O4/c14-10-4-2-1-3-9(10)12(18)15-5-8(6-15)16-11(17)7-20-13(16)19/h1-4,8H,5-7H2. The van der Waals surface area contributed by atoms with E-state index in [2.05, 4.69) is 20.7 Å². The number of carbonyl (C=O) groups is 3. The van der Waals surface area contributed by atoms with Gasteiger partial charge in [0, 0.05) is 17.6 Å². The summed E-state index contributed by atoms with van der Waals surface area (Å²) in [4.78, 5) is 37.8. The highest BCUT2D eigenvalue weighted by molar-refractivity contribution is 9.10. The van der Waals surface area contributed by atoms with Gasteiger partial charge in [-0.15, -0.1) is 0 Å². The second kappa shape index (κ2) is 4.90. The van der Waals surface area contributed by atoms with Crippen molar-refractivity contribution in [3.63, 3.8) is 0 Å². The van der Waals surface area contributed by atoms with Gasteiger partial charge in [-0.2, -0.15) is 0 Å². The van der Waals surface area contributed by atoms with Crippen LogP contribution in [0.4, 0.5) is 4.79 Å². The molecule has 0 atom stereocenters. The van der Waals surface area contributed by atoms with Crippen molar-refractivity contribution in [3.8, 4) is 0 Å². The Morgan fingerprint density at radius 2 is 1.95 bits per heavy atom. The molecule has 0 unspecified atom stereocenters. The molecule has 104 valence electrons. The smallest absolute Gasteiger partial charge is 0.417 e. The average molecular weight is 339 g/mol. The largest absolute Gasteiger partial charge is 0.439 e. The molecule has 2 fully saturated rings. The third-order valence-electron chi connectivity index (χ3n) is 3.40. The number of nitrogens with zero attached hydrogens (tertiary/aromatic N) is 2. The number of cyclic esters (lactones) is 1. The third-order valence-corrected chi connectivity index (χ3v) is 4.09. The highest BCUT2D eigenvalue weighted by Gasteiger charge is 2.44. The average Bonchev–Trinajstić information content (AvgIpc) is 2.69. The van der Waals surface area contributed by atoms with Gasteiger partial charge in [0.2, 0.25) is 0 Å². The summed E-state index contributed by atoms with van der Waals surface area (Å²) in [6.07, 6.45) is -0.618. The number of ether oxygens (including phenoxy) is 1. The van der Waals surface area contributed by atoms with E-state index in [1.807, 2.05) is 6.07 Å². The molecule has 0 saturated carbocycles. The predicted molar refractivity (Wildman–Crippen MR) is 72.0 cm³/mol. The van der Waals surface area contributed by atoms with E-state index in [-0.39, 0.29) is 24.5 Å². The van der Waals surface area contributed by atoms with Crippen LogP contribution in [-0.4, -0.2) is 53.4 Å². The summed E-state index contributed by atoms with van der Waals surface area (Å²) >= 11 is 3.33. The van der Waals surface area contributed by atoms with Crippen LogP contribution in [0.25, 0.3) is 0 Å². The van der Waals surface area contributed by atoms with Crippen LogP contribution in [0, 0.1) is 0 Å². The van der Waals surface area contributed by atoms with Crippen LogP contribution in [0.1, 0.15) is 10.4 Å². The fraction of sp³-hybridized carbons (Fsp3) is 0.308. The van der Waals surface area contributed by atoms with Crippen LogP contribution in [0.5, 0.6) is 0 Å². The van der Waals surface area contributed by atoms with Crippen molar-refractivity contribution in [3.05, 3.63) is 34.3 Å². The van der Waals surface area contributed by atoms with Crippen molar-refractivity contribution in [1.29, 1.82) is 0 Å². The second-order valence-corrected chi connectivity index (χ2v) is 5.52. The van der Waals surface area contributed by atoms with E-state index in [0.29, 0.717) is 18.7 Å². The first kappa shape index (κ1) is 13.1. The number of halogens is 1. The normalized spacial score (nSPS) is 19.1. The van der Waals surface area contributed by atoms with Gasteiger partial charge in [0.1, 0.15) is 0 Å². The first-order chi connectivity index (χ1) is 9.58. The lowest BCUT2D eigenvalue weighted by Crippen LogP contribution is -2.62. The molecule has 2 aliphatic rings. The van der Waals surface area contributed by atoms with Gasteiger partial charge in [0.15, 0.2) is 6.61 Å². The van der Waals surface area contributed by atoms with Gasteiger partial charge < -0.3 is 9.64 Å². The molecular formula is C13H11BrN2O4. The molecular weight excluding hydrogens is 328 g/mol. The number of carbonyl (C=O) groups excluding carboxylic acids is 3. The van der Waals surface area contributed by atoms with E-state index >= 15 is 0 Å². The summed E-state index contributed by atoms with van der Waals surface area (Å²) in [5, 5.41) is 0. The zero-order chi connectivity index (χ0) is 14.3. The molecule has 3 rings (SSSR count). The van der Waals surface area contributed by atoms with Crippen LogP contribution < -0.4 is 0 Å². The van der Waals surface area contributed by atoms with Crippen LogP contribution in [0.15, 0.2) is 28.7 Å². The molecule has 1 aromatic rings. The third kappa shape index (κ3) is 2.07. The van der Waals surface area contributed by atoms with Crippen molar-refractivity contribution >= 4 is 33.8 Å². The van der Waals surface area contributed by atoms with E-state index in [1.54, 1.807) is 23.1 Å². The van der Waals surface area contributed by atoms with Crippen LogP contribution >= 0.6 is 15.9 Å². The van der Waals surface area contributed by atoms with E-state index in [4.69, 9.17) is 0 Å². The predicted octanol–water partition coefficient (Wildman–Crippen LogP) is 1.25. The SMILES string of the molecule is O=C(c1ccccc1Br)N1CC(N2C(=O)COC2=O)C1. The Hall–Kier alpha value is -1.89. The maximum Gasteiger partial charge on any atom is 0.417 e. The minimum atomic E-state index is -0.618. The molecule has 2 aliphatic heterocycles. The molecule has 3 amide bonds. The van der Waals surface area contributed by atoms with Crippen molar-refractivity contribution in [2.24, 2.45) is 0 Å². The summed E-state index contributed by atoms with van der Waals surface area (Å²) in [7, 11) is 0. The van der Waals surface area contributed by atoms with Crippen molar-refractivity contribution in [2.75, 3.05) is 19.7 Å². The molecule has 7 heteroatoms. The zero-order valence-electron chi connectivity index (χ0n) is 10.4. The second-order valence-electron chi connectivity index (χ2n) is 4.66. The highest BCUT2D eigenvalue weighted by Crippen LogP contribution is 2.24. The number of hydrogen-bond acceptors (Lipinski definition) is 4. The first-order valence-electron chi connectivity index (χ1n) is 6.10. The van der Waals surface area contributed by atoms with Gasteiger partial charge in [0.05, 0.1) is 11.6 Å². The maximum atomic E-state index is 12.2. The molecule has 0 bridgehead atoms. The van der Waals surface area contributed by atoms with Crippen molar-refractivity contribution in [2.45, 2.75) is 6.04 Å². The zero-order valence-corrected chi connectivity index (χ0v) is 12.0. The van der Waals surface area contributed by atoms with Crippen molar-refractivity contribution in [1.82, 2.24) is 9.80 Å². The van der Waals surface area contributed by atoms with Crippen LogP contribution in [-0.2, 0) is 9.53 Å². The van der Waals surface area contributed by atoms with E-state index in [1.165, 1.54) is 0 Å². The summed E-state index contributed by atoms with van der Waals surface area (Å²) in [6, 6.07) is 6.87. The molecule has 0 aromatic heterocycles. The molecule has 2 heterocycles. The Morgan fingerprint density at radius 1 is 1.25 bits per heavy atom. The molecule has 20 heavy (non-hydrogen) atoms. The Balaban J connectivity index is 1.66. The Kier molecular flexibility index (Phi) is 3.21. The summed E-state index contributed by atoms with van der Waals surface area (Å²) in [5.74, 6) is -0.457. The van der Waals surface area contributed by atoms with Gasteiger partial charge in [-0.25, -0.2) is 9.69 Å². The number of imide groups is 1. The fourth-order valence-electron chi connectivity index (χ4n) is 2.31. The molecule has 6 nitrogen and oxygen atoms in total. The molecule has 0 radical (unpaired) electrons. The van der Waals surface area contributed by atoms with Gasteiger partial charge in [-0.1, -0.05) is 12.1 Å². The topological polar surface area (TPSA) is 66.9 Å². The van der Waals surface area contributed by atoms with Gasteiger partial charge >= 0.3 is 6.09 Å². The Bertz CT molecular complexity index is 582. The minimum Gasteiger partial charge on any atom is -0.439 e. The number of likely N-dealkylation sites (tertiary alicyclic amines) is 1. The minimum absolute atomic E-state index is 0.117. The van der Waals surface area contributed by atoms with Gasteiger partial charge in [0.25, 0.3) is 11.8 Å². The lowest BCUT2D eigenvalue weighted by molar-refractivity contribution is -0.129. The van der Waals surface area contributed by atoms with Crippen molar-refractivity contribution < 1.29 is 19.1 Å². The Labute approximate surface area is 123 Å².